The Morgan fingerprint density at radius 2 is 2.24 bits per heavy atom. The van der Waals surface area contributed by atoms with Gasteiger partial charge in [0, 0.05) is 24.0 Å². The Balaban J connectivity index is 2.54. The second-order valence-electron chi connectivity index (χ2n) is 4.79. The summed E-state index contributed by atoms with van der Waals surface area (Å²) < 4.78 is 0. The first kappa shape index (κ1) is 12.3. The smallest absolute Gasteiger partial charge is 0.107 e. The van der Waals surface area contributed by atoms with Crippen molar-refractivity contribution in [2.45, 2.75) is 39.7 Å². The molecule has 1 aromatic rings. The normalized spacial score (nSPS) is 19.7. The van der Waals surface area contributed by atoms with E-state index in [0.717, 1.165) is 29.2 Å². The van der Waals surface area contributed by atoms with E-state index < -0.39 is 0 Å². The maximum absolute atomic E-state index is 5.84. The lowest BCUT2D eigenvalue weighted by Crippen LogP contribution is -2.29. The van der Waals surface area contributed by atoms with Crippen LogP contribution in [-0.2, 0) is 0 Å². The lowest BCUT2D eigenvalue weighted by molar-refractivity contribution is 0.733. The van der Waals surface area contributed by atoms with Crippen LogP contribution in [0.2, 0.25) is 0 Å². The molecule has 0 radical (unpaired) electrons. The molecule has 92 valence electrons. The molecule has 2 heterocycles. The van der Waals surface area contributed by atoms with Gasteiger partial charge < -0.3 is 10.6 Å². The molecule has 0 saturated carbocycles. The number of hydrogen-bond acceptors (Lipinski definition) is 3. The van der Waals surface area contributed by atoms with Gasteiger partial charge in [0.1, 0.15) is 4.99 Å². The summed E-state index contributed by atoms with van der Waals surface area (Å²) in [5, 5.41) is 0. The Morgan fingerprint density at radius 1 is 1.53 bits per heavy atom. The van der Waals surface area contributed by atoms with Gasteiger partial charge in [-0.25, -0.2) is 0 Å². The zero-order valence-corrected chi connectivity index (χ0v) is 11.5. The highest BCUT2D eigenvalue weighted by Gasteiger charge is 2.24. The molecule has 0 aromatic carbocycles. The van der Waals surface area contributed by atoms with Crippen molar-refractivity contribution in [3.8, 4) is 0 Å². The van der Waals surface area contributed by atoms with Crippen molar-refractivity contribution in [2.24, 2.45) is 5.73 Å². The number of pyridine rings is 1. The topological polar surface area (TPSA) is 42.1 Å². The van der Waals surface area contributed by atoms with Crippen LogP contribution in [-0.4, -0.2) is 22.6 Å². The van der Waals surface area contributed by atoms with Crippen LogP contribution in [0.1, 0.15) is 36.7 Å². The van der Waals surface area contributed by atoms with E-state index in [0.29, 0.717) is 11.0 Å². The number of nitrogens with two attached hydrogens (primary N) is 1. The van der Waals surface area contributed by atoms with Crippen molar-refractivity contribution in [3.05, 3.63) is 23.0 Å². The fourth-order valence-electron chi connectivity index (χ4n) is 2.63. The van der Waals surface area contributed by atoms with E-state index in [-0.39, 0.29) is 0 Å². The highest BCUT2D eigenvalue weighted by molar-refractivity contribution is 7.80. The minimum Gasteiger partial charge on any atom is -0.389 e. The molecule has 2 N–H and O–H groups in total. The van der Waals surface area contributed by atoms with Gasteiger partial charge in [-0.2, -0.15) is 0 Å². The second-order valence-corrected chi connectivity index (χ2v) is 5.23. The molecule has 1 aliphatic heterocycles. The number of nitrogens with zero attached hydrogens (tertiary/aromatic N) is 2. The molecule has 1 fully saturated rings. The monoisotopic (exact) mass is 249 g/mol. The third-order valence-corrected chi connectivity index (χ3v) is 3.62. The Morgan fingerprint density at radius 3 is 2.76 bits per heavy atom. The average molecular weight is 249 g/mol. The molecule has 0 amide bonds. The molecule has 1 aliphatic rings. The van der Waals surface area contributed by atoms with E-state index in [2.05, 4.69) is 22.9 Å². The van der Waals surface area contributed by atoms with Crippen molar-refractivity contribution in [1.82, 2.24) is 4.98 Å². The predicted octanol–water partition coefficient (Wildman–Crippen LogP) is 2.32. The molecule has 2 rings (SSSR count). The molecule has 1 saturated heterocycles. The summed E-state index contributed by atoms with van der Waals surface area (Å²) in [6, 6.07) is 2.66. The van der Waals surface area contributed by atoms with Crippen LogP contribution >= 0.6 is 12.2 Å². The van der Waals surface area contributed by atoms with Gasteiger partial charge >= 0.3 is 0 Å². The van der Waals surface area contributed by atoms with E-state index in [9.17, 15) is 0 Å². The molecule has 0 bridgehead atoms. The summed E-state index contributed by atoms with van der Waals surface area (Å²) in [5.41, 5.74) is 9.91. The fraction of sp³-hybridized carbons (Fsp3) is 0.538. The SMILES string of the molecule is Cc1cc(N2CCCC2C)c(C(N)=S)c(C)n1. The number of aromatic nitrogens is 1. The predicted molar refractivity (Wildman–Crippen MR) is 75.6 cm³/mol. The summed E-state index contributed by atoms with van der Waals surface area (Å²) >= 11 is 5.17. The average Bonchev–Trinajstić information content (AvgIpc) is 2.62. The zero-order valence-electron chi connectivity index (χ0n) is 10.7. The van der Waals surface area contributed by atoms with Crippen molar-refractivity contribution in [3.63, 3.8) is 0 Å². The van der Waals surface area contributed by atoms with Crippen LogP contribution < -0.4 is 10.6 Å². The van der Waals surface area contributed by atoms with Gasteiger partial charge in [-0.15, -0.1) is 0 Å². The van der Waals surface area contributed by atoms with Gasteiger partial charge in [0.2, 0.25) is 0 Å². The lowest BCUT2D eigenvalue weighted by atomic mass is 10.1. The number of thiocarbonyl (C=S) groups is 1. The summed E-state index contributed by atoms with van der Waals surface area (Å²) in [6.45, 7) is 7.33. The standard InChI is InChI=1S/C13H19N3S/c1-8-7-11(16-6-4-5-9(16)2)12(13(14)17)10(3)15-8/h7,9H,4-6H2,1-3H3,(H2,14,17). The van der Waals surface area contributed by atoms with Gasteiger partial charge in [0.25, 0.3) is 0 Å². The first-order valence-electron chi connectivity index (χ1n) is 6.05. The zero-order chi connectivity index (χ0) is 12.6. The molecular weight excluding hydrogens is 230 g/mol. The van der Waals surface area contributed by atoms with E-state index >= 15 is 0 Å². The molecule has 1 unspecified atom stereocenters. The first-order valence-corrected chi connectivity index (χ1v) is 6.46. The van der Waals surface area contributed by atoms with E-state index in [1.807, 2.05) is 13.8 Å². The largest absolute Gasteiger partial charge is 0.389 e. The molecule has 1 atom stereocenters. The highest BCUT2D eigenvalue weighted by Crippen LogP contribution is 2.30. The molecule has 4 heteroatoms. The second kappa shape index (κ2) is 4.61. The summed E-state index contributed by atoms with van der Waals surface area (Å²) in [5.74, 6) is 0. The van der Waals surface area contributed by atoms with Crippen molar-refractivity contribution >= 4 is 22.9 Å². The van der Waals surface area contributed by atoms with Gasteiger partial charge in [0.15, 0.2) is 0 Å². The molecule has 0 spiro atoms. The summed E-state index contributed by atoms with van der Waals surface area (Å²) in [6.07, 6.45) is 2.47. The molecule has 17 heavy (non-hydrogen) atoms. The van der Waals surface area contributed by atoms with Crippen LogP contribution in [0.15, 0.2) is 6.07 Å². The lowest BCUT2D eigenvalue weighted by Gasteiger charge is -2.27. The van der Waals surface area contributed by atoms with Crippen molar-refractivity contribution in [2.75, 3.05) is 11.4 Å². The van der Waals surface area contributed by atoms with E-state index in [1.165, 1.54) is 12.8 Å². The number of hydrogen-bond donors (Lipinski definition) is 1. The third-order valence-electron chi connectivity index (χ3n) is 3.42. The minimum atomic E-state index is 0.448. The fourth-order valence-corrected chi connectivity index (χ4v) is 2.88. The number of anilines is 1. The van der Waals surface area contributed by atoms with Crippen LogP contribution in [0.3, 0.4) is 0 Å². The maximum atomic E-state index is 5.84. The minimum absolute atomic E-state index is 0.448. The quantitative estimate of drug-likeness (QED) is 0.817. The first-order chi connectivity index (χ1) is 8.00. The number of aryl methyl sites for hydroxylation is 2. The van der Waals surface area contributed by atoms with Crippen LogP contribution in [0.4, 0.5) is 5.69 Å². The van der Waals surface area contributed by atoms with Gasteiger partial charge in [-0.3, -0.25) is 4.98 Å². The van der Waals surface area contributed by atoms with Crippen LogP contribution in [0, 0.1) is 13.8 Å². The molecular formula is C13H19N3S. The summed E-state index contributed by atoms with van der Waals surface area (Å²) in [7, 11) is 0. The molecule has 0 aliphatic carbocycles. The Kier molecular flexibility index (Phi) is 3.33. The van der Waals surface area contributed by atoms with Crippen LogP contribution in [0.5, 0.6) is 0 Å². The Hall–Kier alpha value is -1.16. The maximum Gasteiger partial charge on any atom is 0.107 e. The summed E-state index contributed by atoms with van der Waals surface area (Å²) in [4.78, 5) is 7.30. The van der Waals surface area contributed by atoms with Crippen molar-refractivity contribution < 1.29 is 0 Å². The Labute approximate surface area is 108 Å². The van der Waals surface area contributed by atoms with Gasteiger partial charge in [0.05, 0.1) is 11.3 Å². The van der Waals surface area contributed by atoms with Gasteiger partial charge in [-0.1, -0.05) is 12.2 Å². The molecule has 3 nitrogen and oxygen atoms in total. The van der Waals surface area contributed by atoms with Crippen LogP contribution in [0.25, 0.3) is 0 Å². The van der Waals surface area contributed by atoms with Gasteiger partial charge in [-0.05, 0) is 39.7 Å². The molecule has 1 aromatic heterocycles. The third kappa shape index (κ3) is 2.27. The number of rotatable bonds is 2. The van der Waals surface area contributed by atoms with E-state index in [1.54, 1.807) is 0 Å². The Bertz CT molecular complexity index is 456. The highest BCUT2D eigenvalue weighted by atomic mass is 32.1. The van der Waals surface area contributed by atoms with Crippen molar-refractivity contribution in [1.29, 1.82) is 0 Å². The van der Waals surface area contributed by atoms with E-state index in [4.69, 9.17) is 18.0 Å².